The molecule has 4 rings (SSSR count). The van der Waals surface area contributed by atoms with Crippen molar-refractivity contribution in [2.75, 3.05) is 0 Å². The standard InChI is InChI=1S/C28H30N2/c1-23-9-6-13-26(17-23)20-29(19-25-11-4-3-5-12-25)22-28-15-8-16-30(28)21-27-14-7-10-24(2)18-27/h3-18H,19-22H2,1-2H3. The summed E-state index contributed by atoms with van der Waals surface area (Å²) in [6.07, 6.45) is 2.20. The lowest BCUT2D eigenvalue weighted by Crippen LogP contribution is -2.24. The van der Waals surface area contributed by atoms with E-state index in [9.17, 15) is 0 Å². The van der Waals surface area contributed by atoms with Gasteiger partial charge in [0.25, 0.3) is 0 Å². The average molecular weight is 395 g/mol. The van der Waals surface area contributed by atoms with Crippen LogP contribution in [0.4, 0.5) is 0 Å². The summed E-state index contributed by atoms with van der Waals surface area (Å²) in [6, 6.07) is 32.8. The summed E-state index contributed by atoms with van der Waals surface area (Å²) in [5.41, 5.74) is 8.03. The highest BCUT2D eigenvalue weighted by atomic mass is 15.1. The second-order valence-electron chi connectivity index (χ2n) is 8.24. The molecule has 152 valence electrons. The molecule has 2 heteroatoms. The Labute approximate surface area is 180 Å². The van der Waals surface area contributed by atoms with Crippen molar-refractivity contribution in [1.29, 1.82) is 0 Å². The van der Waals surface area contributed by atoms with Crippen molar-refractivity contribution in [1.82, 2.24) is 9.47 Å². The monoisotopic (exact) mass is 394 g/mol. The van der Waals surface area contributed by atoms with E-state index >= 15 is 0 Å². The molecule has 0 atom stereocenters. The van der Waals surface area contributed by atoms with E-state index in [-0.39, 0.29) is 0 Å². The predicted molar refractivity (Wildman–Crippen MR) is 125 cm³/mol. The number of hydrogen-bond acceptors (Lipinski definition) is 1. The summed E-state index contributed by atoms with van der Waals surface area (Å²) in [7, 11) is 0. The van der Waals surface area contributed by atoms with Gasteiger partial charge < -0.3 is 4.57 Å². The number of nitrogens with zero attached hydrogens (tertiary/aromatic N) is 2. The molecule has 0 saturated carbocycles. The average Bonchev–Trinajstić information content (AvgIpc) is 3.15. The Hall–Kier alpha value is -3.10. The van der Waals surface area contributed by atoms with E-state index in [1.54, 1.807) is 0 Å². The van der Waals surface area contributed by atoms with Crippen LogP contribution < -0.4 is 0 Å². The first-order chi connectivity index (χ1) is 14.7. The van der Waals surface area contributed by atoms with Crippen LogP contribution in [0.1, 0.15) is 33.5 Å². The molecule has 0 unspecified atom stereocenters. The van der Waals surface area contributed by atoms with Crippen molar-refractivity contribution in [3.8, 4) is 0 Å². The van der Waals surface area contributed by atoms with E-state index in [0.29, 0.717) is 0 Å². The zero-order valence-corrected chi connectivity index (χ0v) is 18.0. The first kappa shape index (κ1) is 20.2. The van der Waals surface area contributed by atoms with Gasteiger partial charge in [-0.3, -0.25) is 4.90 Å². The number of aryl methyl sites for hydroxylation is 2. The summed E-state index contributed by atoms with van der Waals surface area (Å²) >= 11 is 0. The lowest BCUT2D eigenvalue weighted by atomic mass is 10.1. The molecular weight excluding hydrogens is 364 g/mol. The van der Waals surface area contributed by atoms with Crippen molar-refractivity contribution in [3.63, 3.8) is 0 Å². The minimum Gasteiger partial charge on any atom is -0.346 e. The molecule has 0 radical (unpaired) electrons. The van der Waals surface area contributed by atoms with Gasteiger partial charge in [-0.15, -0.1) is 0 Å². The minimum absolute atomic E-state index is 0.910. The van der Waals surface area contributed by atoms with Crippen LogP contribution in [-0.4, -0.2) is 9.47 Å². The van der Waals surface area contributed by atoms with Gasteiger partial charge in [-0.25, -0.2) is 0 Å². The number of benzene rings is 3. The Morgan fingerprint density at radius 3 is 1.97 bits per heavy atom. The van der Waals surface area contributed by atoms with Crippen LogP contribution in [0.25, 0.3) is 0 Å². The molecule has 1 heterocycles. The summed E-state index contributed by atoms with van der Waals surface area (Å²) in [5, 5.41) is 0. The Morgan fingerprint density at radius 1 is 0.600 bits per heavy atom. The van der Waals surface area contributed by atoms with Crippen LogP contribution in [0.2, 0.25) is 0 Å². The van der Waals surface area contributed by atoms with Gasteiger partial charge in [0.05, 0.1) is 0 Å². The summed E-state index contributed by atoms with van der Waals surface area (Å²) in [5.74, 6) is 0. The van der Waals surface area contributed by atoms with Gasteiger partial charge in [0.1, 0.15) is 0 Å². The summed E-state index contributed by atoms with van der Waals surface area (Å²) in [6.45, 7) is 8.02. The molecule has 1 aromatic heterocycles. The Kier molecular flexibility index (Phi) is 6.46. The maximum atomic E-state index is 2.53. The molecule has 0 aliphatic heterocycles. The molecule has 0 aliphatic carbocycles. The SMILES string of the molecule is Cc1cccc(CN(Cc2ccccc2)Cc2cccn2Cc2cccc(C)c2)c1. The number of hydrogen-bond donors (Lipinski definition) is 0. The van der Waals surface area contributed by atoms with Gasteiger partial charge in [0, 0.05) is 38.1 Å². The highest BCUT2D eigenvalue weighted by Crippen LogP contribution is 2.17. The minimum atomic E-state index is 0.910. The Bertz CT molecular complexity index is 1080. The van der Waals surface area contributed by atoms with Gasteiger partial charge in [-0.05, 0) is 42.7 Å². The lowest BCUT2D eigenvalue weighted by Gasteiger charge is -2.24. The third-order valence-electron chi connectivity index (χ3n) is 5.48. The third kappa shape index (κ3) is 5.49. The van der Waals surface area contributed by atoms with Crippen molar-refractivity contribution in [3.05, 3.63) is 131 Å². The van der Waals surface area contributed by atoms with E-state index in [0.717, 1.165) is 26.2 Å². The molecule has 30 heavy (non-hydrogen) atoms. The van der Waals surface area contributed by atoms with Crippen molar-refractivity contribution in [2.45, 2.75) is 40.0 Å². The van der Waals surface area contributed by atoms with Gasteiger partial charge in [0.2, 0.25) is 0 Å². The van der Waals surface area contributed by atoms with Gasteiger partial charge in [-0.2, -0.15) is 0 Å². The van der Waals surface area contributed by atoms with Crippen LogP contribution in [0, 0.1) is 13.8 Å². The van der Waals surface area contributed by atoms with Crippen LogP contribution >= 0.6 is 0 Å². The fourth-order valence-electron chi connectivity index (χ4n) is 4.06. The molecular formula is C28H30N2. The largest absolute Gasteiger partial charge is 0.346 e. The fraction of sp³-hybridized carbons (Fsp3) is 0.214. The van der Waals surface area contributed by atoms with Crippen molar-refractivity contribution >= 4 is 0 Å². The molecule has 4 aromatic rings. The maximum Gasteiger partial charge on any atom is 0.0473 e. The number of aromatic nitrogens is 1. The molecule has 0 N–H and O–H groups in total. The quantitative estimate of drug-likeness (QED) is 0.338. The second-order valence-corrected chi connectivity index (χ2v) is 8.24. The maximum absolute atomic E-state index is 2.53. The van der Waals surface area contributed by atoms with E-state index in [4.69, 9.17) is 0 Å². The van der Waals surface area contributed by atoms with E-state index in [2.05, 4.69) is 121 Å². The molecule has 0 saturated heterocycles. The Balaban J connectivity index is 1.55. The van der Waals surface area contributed by atoms with E-state index in [1.807, 2.05) is 0 Å². The van der Waals surface area contributed by atoms with E-state index in [1.165, 1.54) is 33.5 Å². The van der Waals surface area contributed by atoms with Gasteiger partial charge in [0.15, 0.2) is 0 Å². The van der Waals surface area contributed by atoms with Crippen LogP contribution in [0.15, 0.2) is 97.2 Å². The lowest BCUT2D eigenvalue weighted by molar-refractivity contribution is 0.241. The van der Waals surface area contributed by atoms with Gasteiger partial charge in [-0.1, -0.05) is 90.0 Å². The fourth-order valence-corrected chi connectivity index (χ4v) is 4.06. The topological polar surface area (TPSA) is 8.17 Å². The predicted octanol–water partition coefficient (Wildman–Crippen LogP) is 6.36. The Morgan fingerprint density at radius 2 is 1.23 bits per heavy atom. The highest BCUT2D eigenvalue weighted by Gasteiger charge is 2.11. The third-order valence-corrected chi connectivity index (χ3v) is 5.48. The zero-order chi connectivity index (χ0) is 20.8. The number of rotatable bonds is 8. The molecule has 0 amide bonds. The molecule has 3 aromatic carbocycles. The second kappa shape index (κ2) is 9.60. The normalized spacial score (nSPS) is 11.2. The molecule has 2 nitrogen and oxygen atoms in total. The highest BCUT2D eigenvalue weighted by molar-refractivity contribution is 5.25. The smallest absolute Gasteiger partial charge is 0.0473 e. The first-order valence-corrected chi connectivity index (χ1v) is 10.7. The molecule has 0 bridgehead atoms. The van der Waals surface area contributed by atoms with Gasteiger partial charge >= 0.3 is 0 Å². The van der Waals surface area contributed by atoms with Crippen LogP contribution in [0.3, 0.4) is 0 Å². The zero-order valence-electron chi connectivity index (χ0n) is 18.0. The first-order valence-electron chi connectivity index (χ1n) is 10.7. The van der Waals surface area contributed by atoms with Crippen molar-refractivity contribution in [2.24, 2.45) is 0 Å². The van der Waals surface area contributed by atoms with Crippen LogP contribution in [0.5, 0.6) is 0 Å². The van der Waals surface area contributed by atoms with E-state index < -0.39 is 0 Å². The van der Waals surface area contributed by atoms with Crippen molar-refractivity contribution < 1.29 is 0 Å². The molecule has 0 aliphatic rings. The molecule has 0 spiro atoms. The van der Waals surface area contributed by atoms with Crippen LogP contribution in [-0.2, 0) is 26.2 Å². The summed E-state index contributed by atoms with van der Waals surface area (Å²) < 4.78 is 2.38. The molecule has 0 fully saturated rings. The summed E-state index contributed by atoms with van der Waals surface area (Å²) in [4.78, 5) is 2.53.